The van der Waals surface area contributed by atoms with Crippen molar-refractivity contribution in [3.8, 4) is 6.07 Å². The number of hydrogen-bond acceptors (Lipinski definition) is 4. The first-order chi connectivity index (χ1) is 9.28. The van der Waals surface area contributed by atoms with Gasteiger partial charge in [0.2, 0.25) is 0 Å². The predicted octanol–water partition coefficient (Wildman–Crippen LogP) is 3.41. The fraction of sp³-hybridized carbons (Fsp3) is 0.333. The molecule has 1 rings (SSSR count). The van der Waals surface area contributed by atoms with Crippen LogP contribution in [0, 0.1) is 17.1 Å². The molecule has 0 saturated heterocycles. The number of hydrogen-bond donors (Lipinski definition) is 0. The summed E-state index contributed by atoms with van der Waals surface area (Å²) in [6.07, 6.45) is -0.491. The van der Waals surface area contributed by atoms with Gasteiger partial charge in [-0.15, -0.1) is 0 Å². The Morgan fingerprint density at radius 1 is 1.45 bits per heavy atom. The SMILES string of the molecule is CCOC(=O)Cc1ccc(C#N)c(F)c1SC(F)(F)F. The van der Waals surface area contributed by atoms with Gasteiger partial charge in [-0.2, -0.15) is 18.4 Å². The van der Waals surface area contributed by atoms with Gasteiger partial charge in [0.1, 0.15) is 6.07 Å². The second kappa shape index (κ2) is 6.61. The summed E-state index contributed by atoms with van der Waals surface area (Å²) in [5.41, 5.74) is -5.40. The van der Waals surface area contributed by atoms with Crippen molar-refractivity contribution in [1.29, 1.82) is 5.26 Å². The van der Waals surface area contributed by atoms with Crippen LogP contribution < -0.4 is 0 Å². The van der Waals surface area contributed by atoms with Gasteiger partial charge in [-0.1, -0.05) is 6.07 Å². The summed E-state index contributed by atoms with van der Waals surface area (Å²) >= 11 is -0.690. The van der Waals surface area contributed by atoms with Crippen LogP contribution in [0.1, 0.15) is 18.1 Å². The monoisotopic (exact) mass is 307 g/mol. The predicted molar refractivity (Wildman–Crippen MR) is 63.4 cm³/mol. The first-order valence-corrected chi connectivity index (χ1v) is 6.23. The Morgan fingerprint density at radius 2 is 2.10 bits per heavy atom. The van der Waals surface area contributed by atoms with Crippen molar-refractivity contribution in [2.45, 2.75) is 23.7 Å². The topological polar surface area (TPSA) is 50.1 Å². The summed E-state index contributed by atoms with van der Waals surface area (Å²) in [4.78, 5) is 10.5. The number of rotatable bonds is 4. The van der Waals surface area contributed by atoms with Crippen LogP contribution in [0.2, 0.25) is 0 Å². The molecule has 108 valence electrons. The highest BCUT2D eigenvalue weighted by atomic mass is 32.2. The van der Waals surface area contributed by atoms with Gasteiger partial charge in [0.25, 0.3) is 0 Å². The molecule has 0 spiro atoms. The third-order valence-corrected chi connectivity index (χ3v) is 3.03. The van der Waals surface area contributed by atoms with Gasteiger partial charge < -0.3 is 4.74 Å². The molecule has 0 aliphatic rings. The zero-order chi connectivity index (χ0) is 15.3. The molecule has 1 aromatic carbocycles. The zero-order valence-corrected chi connectivity index (χ0v) is 11.1. The Hall–Kier alpha value is -1.75. The number of esters is 1. The average Bonchev–Trinajstić information content (AvgIpc) is 2.33. The second-order valence-corrected chi connectivity index (χ2v) is 4.63. The second-order valence-electron chi connectivity index (χ2n) is 3.56. The molecule has 0 aliphatic carbocycles. The Morgan fingerprint density at radius 3 is 2.60 bits per heavy atom. The maximum absolute atomic E-state index is 13.8. The van der Waals surface area contributed by atoms with E-state index in [-0.39, 0.29) is 12.2 Å². The van der Waals surface area contributed by atoms with E-state index < -0.39 is 45.9 Å². The van der Waals surface area contributed by atoms with Gasteiger partial charge in [-0.25, -0.2) is 4.39 Å². The highest BCUT2D eigenvalue weighted by molar-refractivity contribution is 8.00. The fourth-order valence-corrected chi connectivity index (χ4v) is 2.12. The van der Waals surface area contributed by atoms with E-state index in [2.05, 4.69) is 4.74 Å². The summed E-state index contributed by atoms with van der Waals surface area (Å²) in [6, 6.07) is 3.61. The van der Waals surface area contributed by atoms with Crippen LogP contribution in [-0.4, -0.2) is 18.1 Å². The molecule has 0 aliphatic heterocycles. The van der Waals surface area contributed by atoms with E-state index in [0.29, 0.717) is 0 Å². The van der Waals surface area contributed by atoms with Crippen molar-refractivity contribution in [1.82, 2.24) is 0 Å². The Labute approximate surface area is 116 Å². The molecule has 0 radical (unpaired) electrons. The number of carbonyl (C=O) groups is 1. The number of benzene rings is 1. The first-order valence-electron chi connectivity index (χ1n) is 5.41. The lowest BCUT2D eigenvalue weighted by Crippen LogP contribution is -2.11. The standard InChI is InChI=1S/C12H9F4NO2S/c1-2-19-9(18)5-7-3-4-8(6-17)10(13)11(7)20-12(14,15)16/h3-4H,2,5H2,1H3. The Kier molecular flexibility index (Phi) is 5.39. The molecular weight excluding hydrogens is 298 g/mol. The highest BCUT2D eigenvalue weighted by Gasteiger charge is 2.33. The molecule has 1 aromatic rings. The summed E-state index contributed by atoms with van der Waals surface area (Å²) < 4.78 is 55.7. The molecule has 0 bridgehead atoms. The minimum absolute atomic E-state index is 0.0688. The minimum Gasteiger partial charge on any atom is -0.466 e. The first kappa shape index (κ1) is 16.3. The lowest BCUT2D eigenvalue weighted by Gasteiger charge is -2.12. The fourth-order valence-electron chi connectivity index (χ4n) is 1.42. The van der Waals surface area contributed by atoms with Crippen molar-refractivity contribution < 1.29 is 27.1 Å². The Balaban J connectivity index is 3.20. The van der Waals surface area contributed by atoms with E-state index in [4.69, 9.17) is 5.26 Å². The molecule has 0 atom stereocenters. The molecule has 0 unspecified atom stereocenters. The smallest absolute Gasteiger partial charge is 0.446 e. The van der Waals surface area contributed by atoms with Crippen LogP contribution in [0.25, 0.3) is 0 Å². The van der Waals surface area contributed by atoms with E-state index in [0.717, 1.165) is 12.1 Å². The van der Waals surface area contributed by atoms with E-state index in [1.54, 1.807) is 6.92 Å². The van der Waals surface area contributed by atoms with Crippen molar-refractivity contribution in [2.75, 3.05) is 6.61 Å². The number of thioether (sulfide) groups is 1. The van der Waals surface area contributed by atoms with Gasteiger partial charge in [0.15, 0.2) is 5.82 Å². The van der Waals surface area contributed by atoms with E-state index >= 15 is 0 Å². The molecular formula is C12H9F4NO2S. The van der Waals surface area contributed by atoms with E-state index in [1.807, 2.05) is 0 Å². The number of halogens is 4. The molecule has 0 heterocycles. The van der Waals surface area contributed by atoms with Crippen LogP contribution in [0.4, 0.5) is 17.6 Å². The van der Waals surface area contributed by atoms with Crippen LogP contribution >= 0.6 is 11.8 Å². The third kappa shape index (κ3) is 4.42. The van der Waals surface area contributed by atoms with Gasteiger partial charge in [0.05, 0.1) is 23.5 Å². The zero-order valence-electron chi connectivity index (χ0n) is 10.3. The van der Waals surface area contributed by atoms with Crippen molar-refractivity contribution in [2.24, 2.45) is 0 Å². The van der Waals surface area contributed by atoms with Crippen LogP contribution in [-0.2, 0) is 16.0 Å². The van der Waals surface area contributed by atoms with Gasteiger partial charge >= 0.3 is 11.5 Å². The molecule has 8 heteroatoms. The highest BCUT2D eigenvalue weighted by Crippen LogP contribution is 2.40. The summed E-state index contributed by atoms with van der Waals surface area (Å²) in [6.45, 7) is 1.61. The summed E-state index contributed by atoms with van der Waals surface area (Å²) in [7, 11) is 0. The lowest BCUT2D eigenvalue weighted by atomic mass is 10.1. The van der Waals surface area contributed by atoms with Crippen molar-refractivity contribution in [3.05, 3.63) is 29.1 Å². The largest absolute Gasteiger partial charge is 0.466 e. The molecule has 0 aromatic heterocycles. The number of alkyl halides is 3. The molecule has 20 heavy (non-hydrogen) atoms. The molecule has 0 N–H and O–H groups in total. The number of nitriles is 1. The molecule has 3 nitrogen and oxygen atoms in total. The number of ether oxygens (including phenoxy) is 1. The van der Waals surface area contributed by atoms with Gasteiger partial charge in [0, 0.05) is 0 Å². The van der Waals surface area contributed by atoms with Crippen LogP contribution in [0.3, 0.4) is 0 Å². The molecule has 0 saturated carbocycles. The van der Waals surface area contributed by atoms with E-state index in [9.17, 15) is 22.4 Å². The summed E-state index contributed by atoms with van der Waals surface area (Å²) in [5, 5.41) is 8.63. The maximum atomic E-state index is 13.8. The quantitative estimate of drug-likeness (QED) is 0.486. The third-order valence-electron chi connectivity index (χ3n) is 2.16. The van der Waals surface area contributed by atoms with Crippen LogP contribution in [0.15, 0.2) is 17.0 Å². The average molecular weight is 307 g/mol. The number of nitrogens with zero attached hydrogens (tertiary/aromatic N) is 1. The summed E-state index contributed by atoms with van der Waals surface area (Å²) in [5.74, 6) is -2.04. The van der Waals surface area contributed by atoms with Crippen molar-refractivity contribution in [3.63, 3.8) is 0 Å². The van der Waals surface area contributed by atoms with Crippen LogP contribution in [0.5, 0.6) is 0 Å². The van der Waals surface area contributed by atoms with Gasteiger partial charge in [-0.05, 0) is 30.3 Å². The maximum Gasteiger partial charge on any atom is 0.446 e. The van der Waals surface area contributed by atoms with Gasteiger partial charge in [-0.3, -0.25) is 4.79 Å². The lowest BCUT2D eigenvalue weighted by molar-refractivity contribution is -0.142. The Bertz CT molecular complexity index is 552. The minimum atomic E-state index is -4.72. The van der Waals surface area contributed by atoms with E-state index in [1.165, 1.54) is 6.07 Å². The molecule has 0 amide bonds. The van der Waals surface area contributed by atoms with Crippen molar-refractivity contribution >= 4 is 17.7 Å². The molecule has 0 fully saturated rings. The number of carbonyl (C=O) groups excluding carboxylic acids is 1. The normalized spacial score (nSPS) is 11.0.